The molecule has 2 aromatic rings. The maximum absolute atomic E-state index is 12.0. The molecule has 0 atom stereocenters. The van der Waals surface area contributed by atoms with Crippen molar-refractivity contribution in [2.45, 2.75) is 6.54 Å². The first-order valence-corrected chi connectivity index (χ1v) is 6.50. The topological polar surface area (TPSA) is 80.1 Å². The molecule has 0 fully saturated rings. The number of benzene rings is 1. The molecule has 0 aliphatic carbocycles. The van der Waals surface area contributed by atoms with Crippen molar-refractivity contribution < 1.29 is 9.59 Å². The van der Waals surface area contributed by atoms with Crippen LogP contribution in [-0.4, -0.2) is 45.8 Å². The van der Waals surface area contributed by atoms with Crippen molar-refractivity contribution >= 4 is 29.1 Å². The van der Waals surface area contributed by atoms with Gasteiger partial charge in [0.2, 0.25) is 5.91 Å². The van der Waals surface area contributed by atoms with Crippen molar-refractivity contribution in [1.82, 2.24) is 19.9 Å². The molecule has 1 aromatic carbocycles. The summed E-state index contributed by atoms with van der Waals surface area (Å²) < 4.78 is 1.32. The first-order chi connectivity index (χ1) is 9.95. The van der Waals surface area contributed by atoms with Gasteiger partial charge in [-0.15, -0.1) is 5.10 Å². The Hall–Kier alpha value is -2.41. The summed E-state index contributed by atoms with van der Waals surface area (Å²) in [7, 11) is 3.29. The van der Waals surface area contributed by atoms with E-state index in [1.54, 1.807) is 38.4 Å². The van der Waals surface area contributed by atoms with Gasteiger partial charge in [-0.1, -0.05) is 16.8 Å². The third-order valence-electron chi connectivity index (χ3n) is 2.67. The fraction of sp³-hybridized carbons (Fsp3) is 0.231. The standard InChI is InChI=1S/C13H14ClN5O2/c1-18(2)12(20)8-19-7-11(16-17-19)13(21)15-10-5-3-9(14)4-6-10/h3-7H,8H2,1-2H3,(H,15,21). The minimum atomic E-state index is -0.402. The highest BCUT2D eigenvalue weighted by atomic mass is 35.5. The zero-order valence-electron chi connectivity index (χ0n) is 11.6. The molecular weight excluding hydrogens is 294 g/mol. The van der Waals surface area contributed by atoms with Gasteiger partial charge in [-0.05, 0) is 24.3 Å². The maximum atomic E-state index is 12.0. The van der Waals surface area contributed by atoms with Crippen LogP contribution in [0.25, 0.3) is 0 Å². The van der Waals surface area contributed by atoms with Crippen molar-refractivity contribution in [3.8, 4) is 0 Å². The molecule has 0 unspecified atom stereocenters. The number of amides is 2. The molecule has 0 bridgehead atoms. The Bertz CT molecular complexity index is 651. The zero-order valence-corrected chi connectivity index (χ0v) is 12.3. The van der Waals surface area contributed by atoms with E-state index in [2.05, 4.69) is 15.6 Å². The summed E-state index contributed by atoms with van der Waals surface area (Å²) in [6.45, 7) is 0.0359. The summed E-state index contributed by atoms with van der Waals surface area (Å²) in [6.07, 6.45) is 1.42. The quantitative estimate of drug-likeness (QED) is 0.922. The molecule has 0 saturated heterocycles. The number of halogens is 1. The van der Waals surface area contributed by atoms with Crippen molar-refractivity contribution in [2.24, 2.45) is 0 Å². The van der Waals surface area contributed by atoms with Gasteiger partial charge in [-0.2, -0.15) is 0 Å². The number of nitrogens with zero attached hydrogens (tertiary/aromatic N) is 4. The second kappa shape index (κ2) is 6.36. The van der Waals surface area contributed by atoms with E-state index in [0.717, 1.165) is 0 Å². The third-order valence-corrected chi connectivity index (χ3v) is 2.92. The predicted molar refractivity (Wildman–Crippen MR) is 78.1 cm³/mol. The van der Waals surface area contributed by atoms with Crippen molar-refractivity contribution in [1.29, 1.82) is 0 Å². The molecule has 0 spiro atoms. The van der Waals surface area contributed by atoms with Gasteiger partial charge < -0.3 is 10.2 Å². The average Bonchev–Trinajstić information content (AvgIpc) is 2.90. The number of hydrogen-bond acceptors (Lipinski definition) is 4. The Morgan fingerprint density at radius 2 is 1.95 bits per heavy atom. The molecule has 21 heavy (non-hydrogen) atoms. The summed E-state index contributed by atoms with van der Waals surface area (Å²) in [5.41, 5.74) is 0.736. The highest BCUT2D eigenvalue weighted by molar-refractivity contribution is 6.30. The van der Waals surface area contributed by atoms with E-state index in [1.165, 1.54) is 15.8 Å². The van der Waals surface area contributed by atoms with Crippen LogP contribution in [0.1, 0.15) is 10.5 Å². The Labute approximate surface area is 126 Å². The lowest BCUT2D eigenvalue weighted by molar-refractivity contribution is -0.129. The van der Waals surface area contributed by atoms with Crippen molar-refractivity contribution in [3.05, 3.63) is 41.2 Å². The van der Waals surface area contributed by atoms with Gasteiger partial charge in [0, 0.05) is 24.8 Å². The minimum Gasteiger partial charge on any atom is -0.347 e. The van der Waals surface area contributed by atoms with Gasteiger partial charge in [0.15, 0.2) is 5.69 Å². The van der Waals surface area contributed by atoms with Crippen LogP contribution in [0.4, 0.5) is 5.69 Å². The first-order valence-electron chi connectivity index (χ1n) is 6.13. The van der Waals surface area contributed by atoms with Gasteiger partial charge in [0.1, 0.15) is 6.54 Å². The Balaban J connectivity index is 2.02. The van der Waals surface area contributed by atoms with Crippen LogP contribution in [0, 0.1) is 0 Å². The number of aromatic nitrogens is 3. The smallest absolute Gasteiger partial charge is 0.277 e. The number of rotatable bonds is 4. The lowest BCUT2D eigenvalue weighted by atomic mass is 10.3. The minimum absolute atomic E-state index is 0.0359. The molecule has 0 saturated carbocycles. The highest BCUT2D eigenvalue weighted by Crippen LogP contribution is 2.14. The largest absolute Gasteiger partial charge is 0.347 e. The molecule has 7 nitrogen and oxygen atoms in total. The molecule has 0 radical (unpaired) electrons. The van der Waals surface area contributed by atoms with E-state index in [4.69, 9.17) is 11.6 Å². The van der Waals surface area contributed by atoms with Crippen LogP contribution in [0.2, 0.25) is 5.02 Å². The Kier molecular flexibility index (Phi) is 4.54. The predicted octanol–water partition coefficient (Wildman–Crippen LogP) is 1.27. The fourth-order valence-corrected chi connectivity index (χ4v) is 1.61. The molecule has 0 aliphatic rings. The van der Waals surface area contributed by atoms with Crippen molar-refractivity contribution in [2.75, 3.05) is 19.4 Å². The average molecular weight is 308 g/mol. The number of nitrogens with one attached hydrogen (secondary N) is 1. The molecule has 8 heteroatoms. The monoisotopic (exact) mass is 307 g/mol. The third kappa shape index (κ3) is 4.03. The maximum Gasteiger partial charge on any atom is 0.277 e. The van der Waals surface area contributed by atoms with Gasteiger partial charge in [-0.3, -0.25) is 9.59 Å². The van der Waals surface area contributed by atoms with E-state index < -0.39 is 5.91 Å². The number of carbonyl (C=O) groups is 2. The molecule has 1 N–H and O–H groups in total. The van der Waals surface area contributed by atoms with Gasteiger partial charge in [0.05, 0.1) is 6.20 Å². The van der Waals surface area contributed by atoms with Gasteiger partial charge in [0.25, 0.3) is 5.91 Å². The molecule has 2 amide bonds. The number of anilines is 1. The summed E-state index contributed by atoms with van der Waals surface area (Å²) >= 11 is 5.77. The lowest BCUT2D eigenvalue weighted by Gasteiger charge is -2.08. The number of likely N-dealkylation sites (N-methyl/N-ethyl adjacent to an activating group) is 1. The number of carbonyl (C=O) groups excluding carboxylic acids is 2. The van der Waals surface area contributed by atoms with Crippen LogP contribution in [0.5, 0.6) is 0 Å². The van der Waals surface area contributed by atoms with Crippen LogP contribution < -0.4 is 5.32 Å². The normalized spacial score (nSPS) is 10.2. The van der Waals surface area contributed by atoms with Gasteiger partial charge in [-0.25, -0.2) is 4.68 Å². The number of hydrogen-bond donors (Lipinski definition) is 1. The van der Waals surface area contributed by atoms with Crippen molar-refractivity contribution in [3.63, 3.8) is 0 Å². The highest BCUT2D eigenvalue weighted by Gasteiger charge is 2.13. The summed E-state index contributed by atoms with van der Waals surface area (Å²) in [5, 5.41) is 10.7. The van der Waals surface area contributed by atoms with Crippen LogP contribution >= 0.6 is 11.6 Å². The van der Waals surface area contributed by atoms with Crippen LogP contribution in [-0.2, 0) is 11.3 Å². The molecule has 1 aromatic heterocycles. The summed E-state index contributed by atoms with van der Waals surface area (Å²) in [5.74, 6) is -0.537. The van der Waals surface area contributed by atoms with Crippen LogP contribution in [0.3, 0.4) is 0 Å². The van der Waals surface area contributed by atoms with E-state index in [-0.39, 0.29) is 18.1 Å². The molecule has 2 rings (SSSR count). The van der Waals surface area contributed by atoms with E-state index in [0.29, 0.717) is 10.7 Å². The molecule has 0 aliphatic heterocycles. The molecule has 1 heterocycles. The lowest BCUT2D eigenvalue weighted by Crippen LogP contribution is -2.26. The first kappa shape index (κ1) is 15.0. The zero-order chi connectivity index (χ0) is 15.4. The fourth-order valence-electron chi connectivity index (χ4n) is 1.49. The molecular formula is C13H14ClN5O2. The molecule has 110 valence electrons. The SMILES string of the molecule is CN(C)C(=O)Cn1cc(C(=O)Nc2ccc(Cl)cc2)nn1. The van der Waals surface area contributed by atoms with E-state index >= 15 is 0 Å². The second-order valence-corrected chi connectivity index (χ2v) is 4.99. The Morgan fingerprint density at radius 3 is 2.57 bits per heavy atom. The summed E-state index contributed by atoms with van der Waals surface area (Å²) in [4.78, 5) is 25.0. The van der Waals surface area contributed by atoms with Gasteiger partial charge >= 0.3 is 0 Å². The van der Waals surface area contributed by atoms with E-state index in [9.17, 15) is 9.59 Å². The second-order valence-electron chi connectivity index (χ2n) is 4.55. The summed E-state index contributed by atoms with van der Waals surface area (Å²) in [6, 6.07) is 6.70. The Morgan fingerprint density at radius 1 is 1.29 bits per heavy atom. The van der Waals surface area contributed by atoms with E-state index in [1.807, 2.05) is 0 Å². The van der Waals surface area contributed by atoms with Crippen LogP contribution in [0.15, 0.2) is 30.5 Å².